The number of hydrogen-bond acceptors (Lipinski definition) is 3. The van der Waals surface area contributed by atoms with E-state index in [1.54, 1.807) is 14.0 Å². The maximum Gasteiger partial charge on any atom is 0.221 e. The van der Waals surface area contributed by atoms with Gasteiger partial charge in [0.15, 0.2) is 0 Å². The number of ether oxygens (including phenoxy) is 1. The first-order valence-corrected chi connectivity index (χ1v) is 8.90. The molecule has 0 spiro atoms. The summed E-state index contributed by atoms with van der Waals surface area (Å²) in [4.78, 5) is 11.4. The van der Waals surface area contributed by atoms with E-state index in [-0.39, 0.29) is 5.91 Å². The fraction of sp³-hybridized carbons (Fsp3) is 0.381. The van der Waals surface area contributed by atoms with Crippen molar-refractivity contribution in [3.8, 4) is 5.75 Å². The second kappa shape index (κ2) is 8.17. The van der Waals surface area contributed by atoms with Gasteiger partial charge in [0.05, 0.1) is 7.11 Å². The molecule has 132 valence electrons. The van der Waals surface area contributed by atoms with Crippen molar-refractivity contribution in [1.29, 1.82) is 0 Å². The number of nitrogens with one attached hydrogen (secondary N) is 2. The largest absolute Gasteiger partial charge is 0.497 e. The number of carbonyl (C=O) groups excluding carboxylic acids is 1. The molecule has 0 aliphatic heterocycles. The van der Waals surface area contributed by atoms with Crippen LogP contribution in [0.1, 0.15) is 30.0 Å². The van der Waals surface area contributed by atoms with Crippen LogP contribution in [0, 0.1) is 0 Å². The van der Waals surface area contributed by atoms with E-state index in [0.717, 1.165) is 43.7 Å². The first kappa shape index (κ1) is 17.5. The number of carbonyl (C=O) groups is 1. The second-order valence-corrected chi connectivity index (χ2v) is 6.62. The minimum absolute atomic E-state index is 0.00747. The van der Waals surface area contributed by atoms with Crippen LogP contribution in [-0.4, -0.2) is 25.6 Å². The summed E-state index contributed by atoms with van der Waals surface area (Å²) >= 11 is 0. The Hall–Kier alpha value is -2.33. The molecule has 0 radical (unpaired) electrons. The zero-order valence-corrected chi connectivity index (χ0v) is 15.0. The third-order valence-electron chi connectivity index (χ3n) is 4.77. The van der Waals surface area contributed by atoms with Crippen molar-refractivity contribution in [2.45, 2.75) is 38.6 Å². The standard InChI is InChI=1S/C21H26N2O2/c1-15(24)23-21-8-4-6-17-14-18(9-10-20(17)21)22-12-11-16-5-3-7-19(13-16)25-2/h3-8,13,18,22H,9-12,14H2,1-2H3,(H,23,24). The predicted octanol–water partition coefficient (Wildman–Crippen LogP) is 3.34. The Kier molecular flexibility index (Phi) is 5.71. The molecule has 1 unspecified atom stereocenters. The van der Waals surface area contributed by atoms with E-state index in [1.807, 2.05) is 24.3 Å². The summed E-state index contributed by atoms with van der Waals surface area (Å²) in [6.07, 6.45) is 4.11. The van der Waals surface area contributed by atoms with Crippen LogP contribution in [-0.2, 0) is 24.1 Å². The van der Waals surface area contributed by atoms with Crippen LogP contribution in [0.4, 0.5) is 5.69 Å². The van der Waals surface area contributed by atoms with Gasteiger partial charge in [-0.3, -0.25) is 4.79 Å². The lowest BCUT2D eigenvalue weighted by molar-refractivity contribution is -0.114. The highest BCUT2D eigenvalue weighted by atomic mass is 16.5. The van der Waals surface area contributed by atoms with E-state index >= 15 is 0 Å². The van der Waals surface area contributed by atoms with Gasteiger partial charge in [0.2, 0.25) is 5.91 Å². The average Bonchev–Trinajstić information content (AvgIpc) is 2.61. The van der Waals surface area contributed by atoms with Gasteiger partial charge in [-0.2, -0.15) is 0 Å². The Morgan fingerprint density at radius 3 is 2.88 bits per heavy atom. The molecule has 4 heteroatoms. The summed E-state index contributed by atoms with van der Waals surface area (Å²) in [7, 11) is 1.70. The first-order chi connectivity index (χ1) is 12.2. The number of fused-ring (bicyclic) bond motifs is 1. The molecule has 0 saturated carbocycles. The van der Waals surface area contributed by atoms with Crippen molar-refractivity contribution < 1.29 is 9.53 Å². The zero-order valence-electron chi connectivity index (χ0n) is 15.0. The molecule has 4 nitrogen and oxygen atoms in total. The molecule has 0 aromatic heterocycles. The molecule has 1 atom stereocenters. The summed E-state index contributed by atoms with van der Waals surface area (Å²) in [6.45, 7) is 2.52. The van der Waals surface area contributed by atoms with Gasteiger partial charge in [-0.25, -0.2) is 0 Å². The minimum atomic E-state index is -0.00747. The number of rotatable bonds is 6. The normalized spacial score (nSPS) is 16.2. The van der Waals surface area contributed by atoms with E-state index in [4.69, 9.17) is 4.74 Å². The maximum atomic E-state index is 11.4. The fourth-order valence-electron chi connectivity index (χ4n) is 3.54. The van der Waals surface area contributed by atoms with Crippen LogP contribution in [0.2, 0.25) is 0 Å². The highest BCUT2D eigenvalue weighted by Crippen LogP contribution is 2.28. The number of amides is 1. The van der Waals surface area contributed by atoms with Crippen molar-refractivity contribution in [2.24, 2.45) is 0 Å². The Morgan fingerprint density at radius 1 is 1.24 bits per heavy atom. The SMILES string of the molecule is COc1cccc(CCNC2CCc3c(cccc3NC(C)=O)C2)c1. The minimum Gasteiger partial charge on any atom is -0.497 e. The molecule has 1 aliphatic carbocycles. The van der Waals surface area contributed by atoms with Crippen LogP contribution < -0.4 is 15.4 Å². The van der Waals surface area contributed by atoms with Gasteiger partial charge >= 0.3 is 0 Å². The van der Waals surface area contributed by atoms with Crippen LogP contribution in [0.15, 0.2) is 42.5 Å². The third-order valence-corrected chi connectivity index (χ3v) is 4.77. The summed E-state index contributed by atoms with van der Waals surface area (Å²) in [6, 6.07) is 14.9. The molecular formula is C21H26N2O2. The van der Waals surface area contributed by atoms with Crippen molar-refractivity contribution >= 4 is 11.6 Å². The van der Waals surface area contributed by atoms with Gasteiger partial charge in [0.25, 0.3) is 0 Å². The molecule has 0 bridgehead atoms. The molecule has 0 fully saturated rings. The van der Waals surface area contributed by atoms with Gasteiger partial charge in [-0.15, -0.1) is 0 Å². The molecule has 2 N–H and O–H groups in total. The van der Waals surface area contributed by atoms with Crippen molar-refractivity contribution in [1.82, 2.24) is 5.32 Å². The Labute approximate surface area is 149 Å². The molecule has 3 rings (SSSR count). The van der Waals surface area contributed by atoms with Crippen LogP contribution in [0.5, 0.6) is 5.75 Å². The summed E-state index contributed by atoms with van der Waals surface area (Å²) in [5.41, 5.74) is 4.90. The van der Waals surface area contributed by atoms with E-state index in [1.165, 1.54) is 16.7 Å². The smallest absolute Gasteiger partial charge is 0.221 e. The summed E-state index contributed by atoms with van der Waals surface area (Å²) in [5.74, 6) is 0.904. The van der Waals surface area contributed by atoms with Crippen molar-refractivity contribution in [3.63, 3.8) is 0 Å². The number of methoxy groups -OCH3 is 1. The van der Waals surface area contributed by atoms with Crippen LogP contribution >= 0.6 is 0 Å². The molecule has 2 aromatic rings. The van der Waals surface area contributed by atoms with Gasteiger partial charge in [0, 0.05) is 18.7 Å². The molecule has 1 aliphatic rings. The summed E-state index contributed by atoms with van der Waals surface area (Å²) < 4.78 is 5.28. The maximum absolute atomic E-state index is 11.4. The van der Waals surface area contributed by atoms with Gasteiger partial charge in [-0.1, -0.05) is 24.3 Å². The highest BCUT2D eigenvalue weighted by molar-refractivity contribution is 5.89. The quantitative estimate of drug-likeness (QED) is 0.849. The first-order valence-electron chi connectivity index (χ1n) is 8.90. The monoisotopic (exact) mass is 338 g/mol. The average molecular weight is 338 g/mol. The topological polar surface area (TPSA) is 50.4 Å². The third kappa shape index (κ3) is 4.60. The van der Waals surface area contributed by atoms with E-state index in [0.29, 0.717) is 6.04 Å². The number of anilines is 1. The molecule has 0 saturated heterocycles. The number of benzene rings is 2. The summed E-state index contributed by atoms with van der Waals surface area (Å²) in [5, 5.41) is 6.63. The molecular weight excluding hydrogens is 312 g/mol. The molecule has 0 heterocycles. The lowest BCUT2D eigenvalue weighted by Crippen LogP contribution is -2.36. The van der Waals surface area contributed by atoms with Gasteiger partial charge in [0.1, 0.15) is 5.75 Å². The predicted molar refractivity (Wildman–Crippen MR) is 101 cm³/mol. The number of hydrogen-bond donors (Lipinski definition) is 2. The zero-order chi connectivity index (χ0) is 17.6. The lowest BCUT2D eigenvalue weighted by Gasteiger charge is -2.27. The second-order valence-electron chi connectivity index (χ2n) is 6.62. The molecule has 25 heavy (non-hydrogen) atoms. The van der Waals surface area contributed by atoms with Crippen LogP contribution in [0.25, 0.3) is 0 Å². The highest BCUT2D eigenvalue weighted by Gasteiger charge is 2.20. The molecule has 1 amide bonds. The van der Waals surface area contributed by atoms with E-state index < -0.39 is 0 Å². The van der Waals surface area contributed by atoms with E-state index in [2.05, 4.69) is 28.8 Å². The van der Waals surface area contributed by atoms with E-state index in [9.17, 15) is 4.79 Å². The Balaban J connectivity index is 1.55. The Bertz CT molecular complexity index is 742. The molecule has 2 aromatic carbocycles. The van der Waals surface area contributed by atoms with Gasteiger partial charge < -0.3 is 15.4 Å². The van der Waals surface area contributed by atoms with Crippen LogP contribution in [0.3, 0.4) is 0 Å². The van der Waals surface area contributed by atoms with Crippen molar-refractivity contribution in [2.75, 3.05) is 19.0 Å². The lowest BCUT2D eigenvalue weighted by atomic mass is 9.87. The Morgan fingerprint density at radius 2 is 2.08 bits per heavy atom. The van der Waals surface area contributed by atoms with Crippen molar-refractivity contribution in [3.05, 3.63) is 59.2 Å². The fourth-order valence-corrected chi connectivity index (χ4v) is 3.54. The van der Waals surface area contributed by atoms with Gasteiger partial charge in [-0.05, 0) is 67.1 Å².